The smallest absolute Gasteiger partial charge is 0.254 e. The third kappa shape index (κ3) is 3.51. The van der Waals surface area contributed by atoms with Crippen molar-refractivity contribution in [2.45, 2.75) is 26.7 Å². The number of anilines is 1. The largest absolute Gasteiger partial charge is 0.496 e. The number of rotatable bonds is 6. The van der Waals surface area contributed by atoms with E-state index < -0.39 is 0 Å². The molecule has 2 aliphatic rings. The number of aromatic nitrogens is 2. The standard InChI is InChI=1S/C23H30N4O3/c1-4-6-17-9-24-22(25-10-17)27-12-18-11-26(13-23(18,14-27)15-28)21(29)19-7-5-8-20(30-3)16(19)2/h5,7-10,18,28H,4,6,11-15H2,1-3H3/t18-,23+/m1/s1. The molecule has 0 aliphatic carbocycles. The van der Waals surface area contributed by atoms with Crippen LogP contribution < -0.4 is 9.64 Å². The van der Waals surface area contributed by atoms with Gasteiger partial charge >= 0.3 is 0 Å². The van der Waals surface area contributed by atoms with Gasteiger partial charge in [-0.15, -0.1) is 0 Å². The molecule has 1 N–H and O–H groups in total. The second kappa shape index (κ2) is 8.22. The summed E-state index contributed by atoms with van der Waals surface area (Å²) in [6, 6.07) is 5.56. The monoisotopic (exact) mass is 410 g/mol. The lowest BCUT2D eigenvalue weighted by molar-refractivity contribution is 0.0747. The molecular formula is C23H30N4O3. The van der Waals surface area contributed by atoms with Crippen molar-refractivity contribution in [3.63, 3.8) is 0 Å². The zero-order chi connectivity index (χ0) is 21.3. The molecule has 1 amide bonds. The van der Waals surface area contributed by atoms with Gasteiger partial charge in [-0.3, -0.25) is 4.79 Å². The molecule has 4 rings (SSSR count). The number of aliphatic hydroxyl groups is 1. The first-order chi connectivity index (χ1) is 14.5. The summed E-state index contributed by atoms with van der Waals surface area (Å²) in [4.78, 5) is 26.3. The van der Waals surface area contributed by atoms with Crippen molar-refractivity contribution in [2.24, 2.45) is 11.3 Å². The van der Waals surface area contributed by atoms with E-state index in [0.29, 0.717) is 36.9 Å². The van der Waals surface area contributed by atoms with Gasteiger partial charge in [-0.25, -0.2) is 9.97 Å². The maximum absolute atomic E-state index is 13.2. The highest BCUT2D eigenvalue weighted by Gasteiger charge is 2.53. The normalized spacial score (nSPS) is 23.0. The van der Waals surface area contributed by atoms with Gasteiger partial charge < -0.3 is 19.6 Å². The number of aliphatic hydroxyl groups excluding tert-OH is 1. The molecule has 2 aromatic rings. The number of fused-ring (bicyclic) bond motifs is 1. The van der Waals surface area contributed by atoms with Gasteiger partial charge in [0.25, 0.3) is 5.91 Å². The van der Waals surface area contributed by atoms with Crippen LogP contribution in [-0.4, -0.2) is 65.8 Å². The molecule has 160 valence electrons. The Balaban J connectivity index is 1.50. The number of hydrogen-bond acceptors (Lipinski definition) is 6. The zero-order valence-electron chi connectivity index (χ0n) is 18.0. The molecule has 2 fully saturated rings. The van der Waals surface area contributed by atoms with Crippen LogP contribution in [0.5, 0.6) is 5.75 Å². The van der Waals surface area contributed by atoms with E-state index >= 15 is 0 Å². The molecule has 2 atom stereocenters. The Morgan fingerprint density at radius 1 is 1.27 bits per heavy atom. The highest BCUT2D eigenvalue weighted by molar-refractivity contribution is 5.96. The van der Waals surface area contributed by atoms with Crippen molar-refractivity contribution in [3.05, 3.63) is 47.3 Å². The number of hydrogen-bond donors (Lipinski definition) is 1. The third-order valence-electron chi connectivity index (χ3n) is 6.61. The molecular weight excluding hydrogens is 380 g/mol. The lowest BCUT2D eigenvalue weighted by Gasteiger charge is -2.27. The molecule has 2 aliphatic heterocycles. The quantitative estimate of drug-likeness (QED) is 0.787. The van der Waals surface area contributed by atoms with Crippen molar-refractivity contribution in [1.29, 1.82) is 0 Å². The Bertz CT molecular complexity index is 917. The van der Waals surface area contributed by atoms with Crippen LogP contribution in [0.2, 0.25) is 0 Å². The number of ether oxygens (including phenoxy) is 1. The van der Waals surface area contributed by atoms with E-state index in [1.54, 1.807) is 7.11 Å². The van der Waals surface area contributed by atoms with Crippen LogP contribution in [0, 0.1) is 18.3 Å². The third-order valence-corrected chi connectivity index (χ3v) is 6.61. The van der Waals surface area contributed by atoms with Crippen molar-refractivity contribution in [3.8, 4) is 5.75 Å². The van der Waals surface area contributed by atoms with Crippen molar-refractivity contribution < 1.29 is 14.6 Å². The zero-order valence-corrected chi connectivity index (χ0v) is 18.0. The lowest BCUT2D eigenvalue weighted by Crippen LogP contribution is -2.39. The van der Waals surface area contributed by atoms with E-state index in [2.05, 4.69) is 21.8 Å². The lowest BCUT2D eigenvalue weighted by atomic mass is 9.82. The van der Waals surface area contributed by atoms with Crippen molar-refractivity contribution >= 4 is 11.9 Å². The van der Waals surface area contributed by atoms with Crippen LogP contribution in [0.3, 0.4) is 0 Å². The van der Waals surface area contributed by atoms with Gasteiger partial charge in [0, 0.05) is 61.0 Å². The summed E-state index contributed by atoms with van der Waals surface area (Å²) in [5.41, 5.74) is 2.31. The van der Waals surface area contributed by atoms with Gasteiger partial charge in [0.2, 0.25) is 5.95 Å². The maximum Gasteiger partial charge on any atom is 0.254 e. The van der Waals surface area contributed by atoms with Gasteiger partial charge in [0.1, 0.15) is 5.75 Å². The van der Waals surface area contributed by atoms with Crippen LogP contribution >= 0.6 is 0 Å². The fraction of sp³-hybridized carbons (Fsp3) is 0.522. The number of carbonyl (C=O) groups excluding carboxylic acids is 1. The average Bonchev–Trinajstić information content (AvgIpc) is 3.29. The summed E-state index contributed by atoms with van der Waals surface area (Å²) in [6.07, 6.45) is 5.84. The first-order valence-electron chi connectivity index (χ1n) is 10.6. The molecule has 0 radical (unpaired) electrons. The minimum atomic E-state index is -0.339. The SMILES string of the molecule is CCCc1cnc(N2C[C@H]3CN(C(=O)c4cccc(OC)c4C)C[C@@]3(CO)C2)nc1. The first kappa shape index (κ1) is 20.6. The van der Waals surface area contributed by atoms with Gasteiger partial charge in [0.15, 0.2) is 0 Å². The van der Waals surface area contributed by atoms with E-state index in [4.69, 9.17) is 4.74 Å². The van der Waals surface area contributed by atoms with Crippen LogP contribution in [0.25, 0.3) is 0 Å². The minimum absolute atomic E-state index is 0.000318. The summed E-state index contributed by atoms with van der Waals surface area (Å²) in [5, 5.41) is 10.3. The highest BCUT2D eigenvalue weighted by Crippen LogP contribution is 2.43. The second-order valence-corrected chi connectivity index (χ2v) is 8.56. The van der Waals surface area contributed by atoms with E-state index in [-0.39, 0.29) is 23.8 Å². The Labute approximate surface area is 177 Å². The summed E-state index contributed by atoms with van der Waals surface area (Å²) in [5.74, 6) is 1.61. The Kier molecular flexibility index (Phi) is 5.64. The number of likely N-dealkylation sites (tertiary alicyclic amines) is 1. The minimum Gasteiger partial charge on any atom is -0.496 e. The highest BCUT2D eigenvalue weighted by atomic mass is 16.5. The second-order valence-electron chi connectivity index (χ2n) is 8.56. The van der Waals surface area contributed by atoms with Gasteiger partial charge in [-0.2, -0.15) is 0 Å². The van der Waals surface area contributed by atoms with E-state index in [1.165, 1.54) is 0 Å². The van der Waals surface area contributed by atoms with Crippen LogP contribution in [0.15, 0.2) is 30.6 Å². The molecule has 3 heterocycles. The molecule has 2 saturated heterocycles. The summed E-state index contributed by atoms with van der Waals surface area (Å²) < 4.78 is 5.37. The topological polar surface area (TPSA) is 78.8 Å². The number of nitrogens with zero attached hydrogens (tertiary/aromatic N) is 4. The summed E-state index contributed by atoms with van der Waals surface area (Å²) in [7, 11) is 1.61. The van der Waals surface area contributed by atoms with Gasteiger partial charge in [-0.05, 0) is 31.0 Å². The Morgan fingerprint density at radius 2 is 2.03 bits per heavy atom. The molecule has 7 heteroatoms. The van der Waals surface area contributed by atoms with E-state index in [1.807, 2.05) is 42.4 Å². The number of aryl methyl sites for hydroxylation is 1. The number of carbonyl (C=O) groups is 1. The molecule has 7 nitrogen and oxygen atoms in total. The maximum atomic E-state index is 13.2. The van der Waals surface area contributed by atoms with Crippen LogP contribution in [-0.2, 0) is 6.42 Å². The Morgan fingerprint density at radius 3 is 2.67 bits per heavy atom. The van der Waals surface area contributed by atoms with Crippen molar-refractivity contribution in [2.75, 3.05) is 44.8 Å². The molecule has 1 aromatic carbocycles. The number of methoxy groups -OCH3 is 1. The molecule has 0 unspecified atom stereocenters. The summed E-state index contributed by atoms with van der Waals surface area (Å²) >= 11 is 0. The number of amides is 1. The predicted molar refractivity (Wildman–Crippen MR) is 115 cm³/mol. The van der Waals surface area contributed by atoms with Crippen molar-refractivity contribution in [1.82, 2.24) is 14.9 Å². The fourth-order valence-electron chi connectivity index (χ4n) is 4.88. The van der Waals surface area contributed by atoms with Crippen LogP contribution in [0.4, 0.5) is 5.95 Å². The molecule has 0 saturated carbocycles. The molecule has 0 bridgehead atoms. The molecule has 1 aromatic heterocycles. The first-order valence-corrected chi connectivity index (χ1v) is 10.6. The van der Waals surface area contributed by atoms with E-state index in [9.17, 15) is 9.90 Å². The van der Waals surface area contributed by atoms with Crippen LogP contribution in [0.1, 0.15) is 34.8 Å². The fourth-order valence-corrected chi connectivity index (χ4v) is 4.88. The molecule has 30 heavy (non-hydrogen) atoms. The Hall–Kier alpha value is -2.67. The summed E-state index contributed by atoms with van der Waals surface area (Å²) in [6.45, 7) is 6.65. The predicted octanol–water partition coefficient (Wildman–Crippen LogP) is 2.32. The van der Waals surface area contributed by atoms with E-state index in [0.717, 1.165) is 30.5 Å². The van der Waals surface area contributed by atoms with Gasteiger partial charge in [-0.1, -0.05) is 19.4 Å². The average molecular weight is 411 g/mol. The van der Waals surface area contributed by atoms with Gasteiger partial charge in [0.05, 0.1) is 13.7 Å². The molecule has 0 spiro atoms. The number of benzene rings is 1.